The minimum absolute atomic E-state index is 0.119. The maximum absolute atomic E-state index is 12.3. The standard InChI is InChI=1S/C14H18ClNO4S/c1-14(7-3-4-8-14)16-13(17)10-5-6-11(20-2)12(9-10)21(15,18)19/h5-6,9H,3-4,7-8H2,1-2H3,(H,16,17). The number of ether oxygens (including phenoxy) is 1. The average Bonchev–Trinajstić information content (AvgIpc) is 2.83. The molecule has 1 aromatic carbocycles. The van der Waals surface area contributed by atoms with Crippen molar-refractivity contribution < 1.29 is 17.9 Å². The highest BCUT2D eigenvalue weighted by Gasteiger charge is 2.31. The Balaban J connectivity index is 2.30. The van der Waals surface area contributed by atoms with Crippen molar-refractivity contribution in [2.24, 2.45) is 0 Å². The smallest absolute Gasteiger partial charge is 0.265 e. The quantitative estimate of drug-likeness (QED) is 0.861. The van der Waals surface area contributed by atoms with Crippen molar-refractivity contribution in [3.63, 3.8) is 0 Å². The van der Waals surface area contributed by atoms with Crippen LogP contribution >= 0.6 is 10.7 Å². The highest BCUT2D eigenvalue weighted by atomic mass is 35.7. The first kappa shape index (κ1) is 16.1. The molecule has 0 spiro atoms. The number of halogens is 1. The third kappa shape index (κ3) is 3.68. The zero-order valence-corrected chi connectivity index (χ0v) is 13.6. The number of carbonyl (C=O) groups is 1. The Bertz CT molecular complexity index is 651. The molecule has 1 N–H and O–H groups in total. The van der Waals surface area contributed by atoms with E-state index in [1.807, 2.05) is 6.92 Å². The van der Waals surface area contributed by atoms with Gasteiger partial charge in [0, 0.05) is 21.8 Å². The SMILES string of the molecule is COc1ccc(C(=O)NC2(C)CCCC2)cc1S(=O)(=O)Cl. The summed E-state index contributed by atoms with van der Waals surface area (Å²) in [5.41, 5.74) is 0.0277. The summed E-state index contributed by atoms with van der Waals surface area (Å²) >= 11 is 0. The van der Waals surface area contributed by atoms with Gasteiger partial charge in [0.2, 0.25) is 0 Å². The second-order valence-corrected chi connectivity index (χ2v) is 8.06. The Morgan fingerprint density at radius 1 is 1.33 bits per heavy atom. The van der Waals surface area contributed by atoms with Gasteiger partial charge < -0.3 is 10.1 Å². The van der Waals surface area contributed by atoms with Crippen molar-refractivity contribution in [2.75, 3.05) is 7.11 Å². The molecule has 0 radical (unpaired) electrons. The highest BCUT2D eigenvalue weighted by molar-refractivity contribution is 8.13. The molecule has 7 heteroatoms. The minimum atomic E-state index is -3.98. The molecule has 1 amide bonds. The molecule has 0 atom stereocenters. The van der Waals surface area contributed by atoms with E-state index >= 15 is 0 Å². The third-order valence-corrected chi connectivity index (χ3v) is 5.15. The summed E-state index contributed by atoms with van der Waals surface area (Å²) in [6.07, 6.45) is 4.02. The van der Waals surface area contributed by atoms with Crippen molar-refractivity contribution in [1.82, 2.24) is 5.32 Å². The second-order valence-electron chi connectivity index (χ2n) is 5.53. The number of rotatable bonds is 4. The molecule has 0 aliphatic heterocycles. The molecule has 1 aliphatic carbocycles. The van der Waals surface area contributed by atoms with Gasteiger partial charge in [-0.25, -0.2) is 8.42 Å². The van der Waals surface area contributed by atoms with Crippen LogP contribution in [-0.2, 0) is 9.05 Å². The van der Waals surface area contributed by atoms with E-state index in [-0.39, 0.29) is 27.7 Å². The van der Waals surface area contributed by atoms with Crippen LogP contribution in [-0.4, -0.2) is 27.0 Å². The predicted molar refractivity (Wildman–Crippen MR) is 80.4 cm³/mol. The van der Waals surface area contributed by atoms with Crippen molar-refractivity contribution in [1.29, 1.82) is 0 Å². The average molecular weight is 332 g/mol. The first-order valence-electron chi connectivity index (χ1n) is 6.70. The van der Waals surface area contributed by atoms with Crippen LogP contribution in [0.4, 0.5) is 0 Å². The van der Waals surface area contributed by atoms with Gasteiger partial charge in [-0.15, -0.1) is 0 Å². The van der Waals surface area contributed by atoms with E-state index in [1.165, 1.54) is 25.3 Å². The number of hydrogen-bond acceptors (Lipinski definition) is 4. The van der Waals surface area contributed by atoms with Crippen LogP contribution < -0.4 is 10.1 Å². The van der Waals surface area contributed by atoms with E-state index in [0.29, 0.717) is 0 Å². The number of carbonyl (C=O) groups excluding carboxylic acids is 1. The lowest BCUT2D eigenvalue weighted by Gasteiger charge is -2.25. The first-order chi connectivity index (χ1) is 9.75. The Labute approximate surface area is 129 Å². The van der Waals surface area contributed by atoms with Crippen LogP contribution in [0, 0.1) is 0 Å². The van der Waals surface area contributed by atoms with Gasteiger partial charge in [0.05, 0.1) is 7.11 Å². The Morgan fingerprint density at radius 2 is 1.95 bits per heavy atom. The van der Waals surface area contributed by atoms with Gasteiger partial charge in [0.1, 0.15) is 10.6 Å². The Kier molecular flexibility index (Phi) is 4.49. The summed E-state index contributed by atoms with van der Waals surface area (Å²) in [6.45, 7) is 2.00. The number of methoxy groups -OCH3 is 1. The van der Waals surface area contributed by atoms with Gasteiger partial charge in [-0.05, 0) is 38.0 Å². The molecule has 116 valence electrons. The fourth-order valence-electron chi connectivity index (χ4n) is 2.64. The lowest BCUT2D eigenvalue weighted by molar-refractivity contribution is 0.0908. The third-order valence-electron chi connectivity index (χ3n) is 3.81. The van der Waals surface area contributed by atoms with Gasteiger partial charge >= 0.3 is 0 Å². The molecule has 0 bridgehead atoms. The Morgan fingerprint density at radius 3 is 2.48 bits per heavy atom. The second kappa shape index (κ2) is 5.85. The molecule has 0 unspecified atom stereocenters. The van der Waals surface area contributed by atoms with Crippen LogP contribution in [0.3, 0.4) is 0 Å². The van der Waals surface area contributed by atoms with E-state index in [0.717, 1.165) is 25.7 Å². The Hall–Kier alpha value is -1.27. The van der Waals surface area contributed by atoms with Gasteiger partial charge in [-0.3, -0.25) is 4.79 Å². The summed E-state index contributed by atoms with van der Waals surface area (Å²) in [4.78, 5) is 12.1. The molecule has 5 nitrogen and oxygen atoms in total. The highest BCUT2D eigenvalue weighted by Crippen LogP contribution is 2.31. The maximum atomic E-state index is 12.3. The van der Waals surface area contributed by atoms with E-state index in [2.05, 4.69) is 5.32 Å². The molecule has 21 heavy (non-hydrogen) atoms. The van der Waals surface area contributed by atoms with Gasteiger partial charge in [0.15, 0.2) is 0 Å². The van der Waals surface area contributed by atoms with Gasteiger partial charge in [-0.2, -0.15) is 0 Å². The molecule has 0 aromatic heterocycles. The molecule has 1 saturated carbocycles. The van der Waals surface area contributed by atoms with Crippen LogP contribution in [0.2, 0.25) is 0 Å². The summed E-state index contributed by atoms with van der Waals surface area (Å²) < 4.78 is 28.1. The predicted octanol–water partition coefficient (Wildman–Crippen LogP) is 2.69. The monoisotopic (exact) mass is 331 g/mol. The summed E-state index contributed by atoms with van der Waals surface area (Å²) in [6, 6.07) is 4.20. The minimum Gasteiger partial charge on any atom is -0.495 e. The van der Waals surface area contributed by atoms with Gasteiger partial charge in [0.25, 0.3) is 15.0 Å². The number of nitrogens with one attached hydrogen (secondary N) is 1. The van der Waals surface area contributed by atoms with E-state index in [9.17, 15) is 13.2 Å². The van der Waals surface area contributed by atoms with Crippen LogP contribution in [0.1, 0.15) is 43.0 Å². The zero-order valence-electron chi connectivity index (χ0n) is 12.0. The molecule has 1 fully saturated rings. The molecule has 0 heterocycles. The fraction of sp³-hybridized carbons (Fsp3) is 0.500. The summed E-state index contributed by atoms with van der Waals surface area (Å²) in [5, 5.41) is 2.97. The molecule has 1 aromatic rings. The van der Waals surface area contributed by atoms with Crippen molar-refractivity contribution >= 4 is 25.6 Å². The molecular weight excluding hydrogens is 314 g/mol. The maximum Gasteiger partial charge on any atom is 0.265 e. The number of benzene rings is 1. The van der Waals surface area contributed by atoms with Crippen LogP contribution in [0.5, 0.6) is 5.75 Å². The zero-order chi connectivity index (χ0) is 15.7. The molecular formula is C14H18ClNO4S. The lowest BCUT2D eigenvalue weighted by Crippen LogP contribution is -2.43. The van der Waals surface area contributed by atoms with Crippen molar-refractivity contribution in [2.45, 2.75) is 43.0 Å². The number of amides is 1. The number of hydrogen-bond donors (Lipinski definition) is 1. The lowest BCUT2D eigenvalue weighted by atomic mass is 10.00. The van der Waals surface area contributed by atoms with E-state index < -0.39 is 9.05 Å². The molecule has 0 saturated heterocycles. The normalized spacial score (nSPS) is 17.5. The van der Waals surface area contributed by atoms with Crippen LogP contribution in [0.15, 0.2) is 23.1 Å². The van der Waals surface area contributed by atoms with E-state index in [4.69, 9.17) is 15.4 Å². The van der Waals surface area contributed by atoms with Crippen molar-refractivity contribution in [3.05, 3.63) is 23.8 Å². The summed E-state index contributed by atoms with van der Waals surface area (Å²) in [7, 11) is 2.75. The van der Waals surface area contributed by atoms with Crippen LogP contribution in [0.25, 0.3) is 0 Å². The van der Waals surface area contributed by atoms with Crippen molar-refractivity contribution in [3.8, 4) is 5.75 Å². The molecule has 1 aliphatic rings. The fourth-order valence-corrected chi connectivity index (χ4v) is 3.66. The summed E-state index contributed by atoms with van der Waals surface area (Å²) in [5.74, 6) is -0.183. The molecule has 2 rings (SSSR count). The topological polar surface area (TPSA) is 72.5 Å². The largest absolute Gasteiger partial charge is 0.495 e. The first-order valence-corrected chi connectivity index (χ1v) is 9.01. The van der Waals surface area contributed by atoms with E-state index in [1.54, 1.807) is 0 Å². The van der Waals surface area contributed by atoms with Gasteiger partial charge in [-0.1, -0.05) is 12.8 Å².